The maximum absolute atomic E-state index is 12.7. The molecule has 0 spiro atoms. The highest BCUT2D eigenvalue weighted by atomic mass is 35.5. The van der Waals surface area contributed by atoms with E-state index < -0.39 is 0 Å². The zero-order valence-corrected chi connectivity index (χ0v) is 12.8. The van der Waals surface area contributed by atoms with E-state index in [1.165, 1.54) is 0 Å². The largest absolute Gasteiger partial charge is 0.353 e. The normalized spacial score (nSPS) is 25.2. The van der Waals surface area contributed by atoms with Crippen molar-refractivity contribution >= 4 is 23.4 Å². The van der Waals surface area contributed by atoms with Crippen LogP contribution in [0.15, 0.2) is 18.2 Å². The number of hydrogen-bond donors (Lipinski definition) is 1. The van der Waals surface area contributed by atoms with Crippen LogP contribution in [-0.2, 0) is 4.79 Å². The Morgan fingerprint density at radius 1 is 1.38 bits per heavy atom. The summed E-state index contributed by atoms with van der Waals surface area (Å²) in [7, 11) is 0. The first-order chi connectivity index (χ1) is 10.1. The van der Waals surface area contributed by atoms with E-state index in [-0.39, 0.29) is 17.9 Å². The van der Waals surface area contributed by atoms with Crippen LogP contribution in [0.1, 0.15) is 35.2 Å². The highest BCUT2D eigenvalue weighted by Gasteiger charge is 2.35. The van der Waals surface area contributed by atoms with E-state index in [0.29, 0.717) is 36.0 Å². The number of fused-ring (bicyclic) bond motifs is 1. The minimum Gasteiger partial charge on any atom is -0.353 e. The standard InChI is InChI=1S/C16H19ClN2O2/c1-10-3-2-4-12(15(10)17)16(21)19-8-7-13-11(9-19)5-6-14(20)18-13/h2-4,11,13H,5-9H2,1H3,(H,18,20). The zero-order valence-electron chi connectivity index (χ0n) is 12.1. The summed E-state index contributed by atoms with van der Waals surface area (Å²) < 4.78 is 0. The Bertz CT molecular complexity index is 588. The van der Waals surface area contributed by atoms with Crippen molar-refractivity contribution in [3.63, 3.8) is 0 Å². The van der Waals surface area contributed by atoms with Gasteiger partial charge in [-0.15, -0.1) is 0 Å². The first-order valence-electron chi connectivity index (χ1n) is 7.40. The van der Waals surface area contributed by atoms with Crippen LogP contribution < -0.4 is 5.32 Å². The van der Waals surface area contributed by atoms with E-state index in [0.717, 1.165) is 18.4 Å². The summed E-state index contributed by atoms with van der Waals surface area (Å²) in [5.41, 5.74) is 1.50. The van der Waals surface area contributed by atoms with Gasteiger partial charge in [-0.25, -0.2) is 0 Å². The lowest BCUT2D eigenvalue weighted by atomic mass is 9.85. The van der Waals surface area contributed by atoms with Crippen molar-refractivity contribution in [1.82, 2.24) is 10.2 Å². The van der Waals surface area contributed by atoms with Gasteiger partial charge in [0.1, 0.15) is 0 Å². The van der Waals surface area contributed by atoms with Crippen LogP contribution in [0.4, 0.5) is 0 Å². The number of benzene rings is 1. The molecule has 1 aromatic rings. The smallest absolute Gasteiger partial charge is 0.255 e. The Morgan fingerprint density at radius 2 is 2.19 bits per heavy atom. The number of nitrogens with zero attached hydrogens (tertiary/aromatic N) is 1. The third kappa shape index (κ3) is 2.77. The monoisotopic (exact) mass is 306 g/mol. The van der Waals surface area contributed by atoms with Gasteiger partial charge in [-0.3, -0.25) is 9.59 Å². The van der Waals surface area contributed by atoms with Gasteiger partial charge in [0.2, 0.25) is 5.91 Å². The van der Waals surface area contributed by atoms with Gasteiger partial charge in [0.15, 0.2) is 0 Å². The van der Waals surface area contributed by atoms with Crippen molar-refractivity contribution in [3.05, 3.63) is 34.3 Å². The van der Waals surface area contributed by atoms with E-state index >= 15 is 0 Å². The van der Waals surface area contributed by atoms with Crippen molar-refractivity contribution in [2.24, 2.45) is 5.92 Å². The van der Waals surface area contributed by atoms with Crippen LogP contribution >= 0.6 is 11.6 Å². The molecule has 2 aliphatic heterocycles. The third-order valence-electron chi connectivity index (χ3n) is 4.53. The van der Waals surface area contributed by atoms with Crippen LogP contribution in [0.3, 0.4) is 0 Å². The number of aryl methyl sites for hydroxylation is 1. The molecule has 2 fully saturated rings. The molecule has 2 saturated heterocycles. The first kappa shape index (κ1) is 14.4. The number of carbonyl (C=O) groups excluding carboxylic acids is 2. The molecule has 0 bridgehead atoms. The Kier molecular flexibility index (Phi) is 3.89. The maximum atomic E-state index is 12.7. The van der Waals surface area contributed by atoms with Crippen molar-refractivity contribution in [3.8, 4) is 0 Å². The lowest BCUT2D eigenvalue weighted by molar-refractivity contribution is -0.125. The molecule has 0 radical (unpaired) electrons. The van der Waals surface area contributed by atoms with Gasteiger partial charge < -0.3 is 10.2 Å². The summed E-state index contributed by atoms with van der Waals surface area (Å²) in [6, 6.07) is 5.78. The summed E-state index contributed by atoms with van der Waals surface area (Å²) >= 11 is 6.26. The minimum absolute atomic E-state index is 0.000880. The second kappa shape index (κ2) is 5.68. The van der Waals surface area contributed by atoms with Crippen LogP contribution in [0, 0.1) is 12.8 Å². The van der Waals surface area contributed by atoms with Crippen LogP contribution in [0.5, 0.6) is 0 Å². The molecule has 2 aliphatic rings. The SMILES string of the molecule is Cc1cccc(C(=O)N2CCC3NC(=O)CCC3C2)c1Cl. The number of halogens is 1. The Hall–Kier alpha value is -1.55. The summed E-state index contributed by atoms with van der Waals surface area (Å²) in [5.74, 6) is 0.501. The fraction of sp³-hybridized carbons (Fsp3) is 0.500. The maximum Gasteiger partial charge on any atom is 0.255 e. The van der Waals surface area contributed by atoms with Crippen LogP contribution in [-0.4, -0.2) is 35.8 Å². The van der Waals surface area contributed by atoms with Crippen molar-refractivity contribution in [2.45, 2.75) is 32.2 Å². The molecule has 0 aromatic heterocycles. The van der Waals surface area contributed by atoms with E-state index in [4.69, 9.17) is 11.6 Å². The molecule has 21 heavy (non-hydrogen) atoms. The van der Waals surface area contributed by atoms with Gasteiger partial charge in [0, 0.05) is 25.6 Å². The molecular formula is C16H19ClN2O2. The van der Waals surface area contributed by atoms with E-state index in [1.807, 2.05) is 24.0 Å². The number of piperidine rings is 2. The van der Waals surface area contributed by atoms with Gasteiger partial charge in [-0.05, 0) is 37.3 Å². The fourth-order valence-corrected chi connectivity index (χ4v) is 3.48. The van der Waals surface area contributed by atoms with Gasteiger partial charge in [-0.2, -0.15) is 0 Å². The predicted molar refractivity (Wildman–Crippen MR) is 81.4 cm³/mol. The summed E-state index contributed by atoms with van der Waals surface area (Å²) in [6.07, 6.45) is 2.25. The summed E-state index contributed by atoms with van der Waals surface area (Å²) in [6.45, 7) is 3.28. The van der Waals surface area contributed by atoms with E-state index in [1.54, 1.807) is 6.07 Å². The summed E-state index contributed by atoms with van der Waals surface area (Å²) in [4.78, 5) is 26.0. The molecule has 112 valence electrons. The molecular weight excluding hydrogens is 288 g/mol. The van der Waals surface area contributed by atoms with Crippen LogP contribution in [0.25, 0.3) is 0 Å². The third-order valence-corrected chi connectivity index (χ3v) is 5.03. The number of rotatable bonds is 1. The molecule has 5 heteroatoms. The van der Waals surface area contributed by atoms with Gasteiger partial charge in [0.05, 0.1) is 10.6 Å². The number of carbonyl (C=O) groups is 2. The van der Waals surface area contributed by atoms with E-state index in [9.17, 15) is 9.59 Å². The molecule has 0 saturated carbocycles. The second-order valence-electron chi connectivity index (χ2n) is 5.95. The molecule has 0 aliphatic carbocycles. The average molecular weight is 307 g/mol. The number of nitrogens with one attached hydrogen (secondary N) is 1. The van der Waals surface area contributed by atoms with Crippen molar-refractivity contribution < 1.29 is 9.59 Å². The molecule has 2 atom stereocenters. The highest BCUT2D eigenvalue weighted by molar-refractivity contribution is 6.34. The number of hydrogen-bond acceptors (Lipinski definition) is 2. The minimum atomic E-state index is -0.000880. The van der Waals surface area contributed by atoms with E-state index in [2.05, 4.69) is 5.32 Å². The van der Waals surface area contributed by atoms with Gasteiger partial charge in [-0.1, -0.05) is 23.7 Å². The zero-order chi connectivity index (χ0) is 15.0. The first-order valence-corrected chi connectivity index (χ1v) is 7.78. The topological polar surface area (TPSA) is 49.4 Å². The molecule has 4 nitrogen and oxygen atoms in total. The molecule has 3 rings (SSSR count). The molecule has 2 heterocycles. The fourth-order valence-electron chi connectivity index (χ4n) is 3.28. The van der Waals surface area contributed by atoms with Crippen molar-refractivity contribution in [1.29, 1.82) is 0 Å². The van der Waals surface area contributed by atoms with Gasteiger partial charge >= 0.3 is 0 Å². The lowest BCUT2D eigenvalue weighted by Crippen LogP contribution is -2.55. The molecule has 2 unspecified atom stereocenters. The quantitative estimate of drug-likeness (QED) is 0.866. The average Bonchev–Trinajstić information content (AvgIpc) is 2.49. The summed E-state index contributed by atoms with van der Waals surface area (Å²) in [5, 5.41) is 3.58. The van der Waals surface area contributed by atoms with Crippen molar-refractivity contribution in [2.75, 3.05) is 13.1 Å². The predicted octanol–water partition coefficient (Wildman–Crippen LogP) is 2.39. The Labute approximate surface area is 129 Å². The lowest BCUT2D eigenvalue weighted by Gasteiger charge is -2.41. The second-order valence-corrected chi connectivity index (χ2v) is 6.33. The molecule has 1 N–H and O–H groups in total. The molecule has 1 aromatic carbocycles. The number of amides is 2. The Balaban J connectivity index is 1.75. The highest BCUT2D eigenvalue weighted by Crippen LogP contribution is 2.28. The Morgan fingerprint density at radius 3 is 3.00 bits per heavy atom. The van der Waals surface area contributed by atoms with Crippen LogP contribution in [0.2, 0.25) is 5.02 Å². The molecule has 2 amide bonds. The number of likely N-dealkylation sites (tertiary alicyclic amines) is 1. The van der Waals surface area contributed by atoms with Gasteiger partial charge in [0.25, 0.3) is 5.91 Å².